The Morgan fingerprint density at radius 2 is 1.39 bits per heavy atom. The van der Waals surface area contributed by atoms with Crippen molar-refractivity contribution in [3.63, 3.8) is 0 Å². The molecule has 0 N–H and O–H groups in total. The molecule has 0 aliphatic heterocycles. The molecule has 0 saturated carbocycles. The molecule has 2 heterocycles. The molecule has 2 aromatic carbocycles. The molecular formula is C22H19N. The Hall–Kier alpha value is -2.80. The maximum absolute atomic E-state index is 2.32. The van der Waals surface area contributed by atoms with Crippen molar-refractivity contribution < 1.29 is 0 Å². The monoisotopic (exact) mass is 297 g/mol. The van der Waals surface area contributed by atoms with E-state index in [9.17, 15) is 0 Å². The Balaban J connectivity index is 1.97. The summed E-state index contributed by atoms with van der Waals surface area (Å²) in [5.74, 6) is 0. The van der Waals surface area contributed by atoms with Crippen LogP contribution in [0.15, 0.2) is 85.1 Å². The quantitative estimate of drug-likeness (QED) is 0.470. The number of fused-ring (bicyclic) bond motifs is 1. The summed E-state index contributed by atoms with van der Waals surface area (Å²) in [6, 6.07) is 27.8. The molecule has 112 valence electrons. The van der Waals surface area contributed by atoms with E-state index in [-0.39, 0.29) is 0 Å². The van der Waals surface area contributed by atoms with E-state index < -0.39 is 0 Å². The summed E-state index contributed by atoms with van der Waals surface area (Å²) in [7, 11) is 0. The van der Waals surface area contributed by atoms with Gasteiger partial charge in [0.15, 0.2) is 0 Å². The van der Waals surface area contributed by atoms with Crippen LogP contribution in [0, 0.1) is 6.92 Å². The normalized spacial score (nSPS) is 11.0. The highest BCUT2D eigenvalue weighted by molar-refractivity contribution is 5.76. The van der Waals surface area contributed by atoms with Crippen molar-refractivity contribution in [2.24, 2.45) is 0 Å². The van der Waals surface area contributed by atoms with Gasteiger partial charge >= 0.3 is 0 Å². The molecular weight excluding hydrogens is 278 g/mol. The van der Waals surface area contributed by atoms with Crippen molar-refractivity contribution >= 4 is 5.52 Å². The Labute approximate surface area is 136 Å². The molecule has 0 atom stereocenters. The number of pyridine rings is 1. The first kappa shape index (κ1) is 13.8. The number of rotatable bonds is 3. The lowest BCUT2D eigenvalue weighted by Crippen LogP contribution is -1.93. The highest BCUT2D eigenvalue weighted by Gasteiger charge is 2.16. The second-order valence-corrected chi connectivity index (χ2v) is 5.94. The fourth-order valence-electron chi connectivity index (χ4n) is 3.35. The minimum atomic E-state index is 0.957. The minimum absolute atomic E-state index is 0.957. The molecule has 0 unspecified atom stereocenters. The van der Waals surface area contributed by atoms with Crippen LogP contribution in [0.3, 0.4) is 0 Å². The molecule has 0 aliphatic carbocycles. The Morgan fingerprint density at radius 1 is 0.739 bits per heavy atom. The van der Waals surface area contributed by atoms with E-state index in [0.717, 1.165) is 6.42 Å². The van der Waals surface area contributed by atoms with E-state index in [0.29, 0.717) is 0 Å². The van der Waals surface area contributed by atoms with E-state index >= 15 is 0 Å². The minimum Gasteiger partial charge on any atom is -0.316 e. The van der Waals surface area contributed by atoms with E-state index in [4.69, 9.17) is 0 Å². The van der Waals surface area contributed by atoms with Gasteiger partial charge in [-0.15, -0.1) is 0 Å². The van der Waals surface area contributed by atoms with E-state index in [1.807, 2.05) is 0 Å². The number of hydrogen-bond donors (Lipinski definition) is 0. The van der Waals surface area contributed by atoms with E-state index in [1.165, 1.54) is 33.5 Å². The third-order valence-electron chi connectivity index (χ3n) is 4.49. The van der Waals surface area contributed by atoms with Crippen LogP contribution in [0.1, 0.15) is 16.7 Å². The molecule has 0 aliphatic rings. The largest absolute Gasteiger partial charge is 0.316 e. The molecule has 23 heavy (non-hydrogen) atoms. The lowest BCUT2D eigenvalue weighted by molar-refractivity contribution is 1.15. The molecule has 4 aromatic rings. The topological polar surface area (TPSA) is 4.41 Å². The third kappa shape index (κ3) is 2.44. The second kappa shape index (κ2) is 5.77. The smallest absolute Gasteiger partial charge is 0.0566 e. The summed E-state index contributed by atoms with van der Waals surface area (Å²) in [5, 5.41) is 0. The molecule has 0 amide bonds. The second-order valence-electron chi connectivity index (χ2n) is 5.94. The van der Waals surface area contributed by atoms with Crippen LogP contribution in [-0.2, 0) is 6.42 Å². The molecule has 1 nitrogen and oxygen atoms in total. The number of hydrogen-bond acceptors (Lipinski definition) is 0. The van der Waals surface area contributed by atoms with E-state index in [2.05, 4.69) is 96.4 Å². The highest BCUT2D eigenvalue weighted by atomic mass is 14.9. The number of aryl methyl sites for hydroxylation is 1. The number of benzene rings is 2. The molecule has 0 spiro atoms. The van der Waals surface area contributed by atoms with Gasteiger partial charge in [0.2, 0.25) is 0 Å². The van der Waals surface area contributed by atoms with Gasteiger partial charge in [-0.25, -0.2) is 0 Å². The summed E-state index contributed by atoms with van der Waals surface area (Å²) in [6.07, 6.45) is 3.12. The summed E-state index contributed by atoms with van der Waals surface area (Å²) in [6.45, 7) is 2.24. The predicted molar refractivity (Wildman–Crippen MR) is 96.8 cm³/mol. The van der Waals surface area contributed by atoms with Crippen molar-refractivity contribution in [1.82, 2.24) is 4.40 Å². The average Bonchev–Trinajstić information content (AvgIpc) is 2.89. The summed E-state index contributed by atoms with van der Waals surface area (Å²) in [4.78, 5) is 0. The van der Waals surface area contributed by atoms with Gasteiger partial charge in [-0.1, -0.05) is 66.7 Å². The lowest BCUT2D eigenvalue weighted by atomic mass is 9.98. The standard InChI is InChI=1S/C22H19N/c1-17-20(16-18-10-4-2-5-11-18)22(19-12-6-3-7-13-19)23-15-9-8-14-21(17)23/h2-15H,16H2,1H3. The van der Waals surface area contributed by atoms with Gasteiger partial charge in [0.25, 0.3) is 0 Å². The van der Waals surface area contributed by atoms with Gasteiger partial charge in [0.05, 0.1) is 5.69 Å². The van der Waals surface area contributed by atoms with Crippen LogP contribution in [0.25, 0.3) is 16.8 Å². The zero-order valence-electron chi connectivity index (χ0n) is 13.2. The van der Waals surface area contributed by atoms with Crippen molar-refractivity contribution in [2.75, 3.05) is 0 Å². The van der Waals surface area contributed by atoms with Gasteiger partial charge in [0, 0.05) is 11.7 Å². The van der Waals surface area contributed by atoms with Crippen LogP contribution >= 0.6 is 0 Å². The van der Waals surface area contributed by atoms with Crippen LogP contribution < -0.4 is 0 Å². The van der Waals surface area contributed by atoms with Gasteiger partial charge < -0.3 is 4.40 Å². The Bertz CT molecular complexity index is 934. The summed E-state index contributed by atoms with van der Waals surface area (Å²) < 4.78 is 2.32. The summed E-state index contributed by atoms with van der Waals surface area (Å²) >= 11 is 0. The highest BCUT2D eigenvalue weighted by Crippen LogP contribution is 2.33. The van der Waals surface area contributed by atoms with Crippen molar-refractivity contribution in [3.8, 4) is 11.3 Å². The Morgan fingerprint density at radius 3 is 2.13 bits per heavy atom. The molecule has 0 fully saturated rings. The first-order valence-electron chi connectivity index (χ1n) is 8.02. The summed E-state index contributed by atoms with van der Waals surface area (Å²) in [5.41, 5.74) is 8.00. The number of aromatic nitrogens is 1. The van der Waals surface area contributed by atoms with Crippen LogP contribution in [0.2, 0.25) is 0 Å². The van der Waals surface area contributed by atoms with Gasteiger partial charge in [0.1, 0.15) is 0 Å². The first-order valence-corrected chi connectivity index (χ1v) is 8.02. The maximum atomic E-state index is 2.32. The van der Waals surface area contributed by atoms with Crippen LogP contribution in [0.4, 0.5) is 0 Å². The van der Waals surface area contributed by atoms with Crippen LogP contribution in [-0.4, -0.2) is 4.40 Å². The van der Waals surface area contributed by atoms with Gasteiger partial charge in [-0.05, 0) is 47.7 Å². The maximum Gasteiger partial charge on any atom is 0.0566 e. The third-order valence-corrected chi connectivity index (χ3v) is 4.49. The zero-order chi connectivity index (χ0) is 15.6. The number of nitrogens with zero attached hydrogens (tertiary/aromatic N) is 1. The SMILES string of the molecule is Cc1c(Cc2ccccc2)c(-c2ccccc2)n2ccccc12. The molecule has 1 heteroatoms. The van der Waals surface area contributed by atoms with Crippen LogP contribution in [0.5, 0.6) is 0 Å². The average molecular weight is 297 g/mol. The fraction of sp³-hybridized carbons (Fsp3) is 0.0909. The lowest BCUT2D eigenvalue weighted by Gasteiger charge is -2.08. The molecule has 0 radical (unpaired) electrons. The van der Waals surface area contributed by atoms with E-state index in [1.54, 1.807) is 0 Å². The molecule has 0 saturated heterocycles. The first-order chi connectivity index (χ1) is 11.3. The Kier molecular flexibility index (Phi) is 3.47. The van der Waals surface area contributed by atoms with Crippen molar-refractivity contribution in [2.45, 2.75) is 13.3 Å². The molecule has 2 aromatic heterocycles. The molecule has 4 rings (SSSR count). The zero-order valence-corrected chi connectivity index (χ0v) is 13.2. The van der Waals surface area contributed by atoms with Crippen molar-refractivity contribution in [1.29, 1.82) is 0 Å². The van der Waals surface area contributed by atoms with Crippen molar-refractivity contribution in [3.05, 3.63) is 102 Å². The predicted octanol–water partition coefficient (Wildman–Crippen LogP) is 5.51. The molecule has 0 bridgehead atoms. The fourth-order valence-corrected chi connectivity index (χ4v) is 3.35. The van der Waals surface area contributed by atoms with Gasteiger partial charge in [-0.2, -0.15) is 0 Å². The van der Waals surface area contributed by atoms with Gasteiger partial charge in [-0.3, -0.25) is 0 Å².